The zero-order valence-electron chi connectivity index (χ0n) is 19.1. The molecule has 0 aromatic heterocycles. The van der Waals surface area contributed by atoms with Crippen LogP contribution in [0.1, 0.15) is 68.2 Å². The summed E-state index contributed by atoms with van der Waals surface area (Å²) in [4.78, 5) is 13.3. The molecule has 0 bridgehead atoms. The summed E-state index contributed by atoms with van der Waals surface area (Å²) in [6.45, 7) is 10.9. The largest absolute Gasteiger partial charge is 0.408 e. The fourth-order valence-corrected chi connectivity index (χ4v) is 6.96. The van der Waals surface area contributed by atoms with Crippen LogP contribution in [-0.2, 0) is 7.86 Å². The molecule has 0 unspecified atom stereocenters. The van der Waals surface area contributed by atoms with Crippen molar-refractivity contribution in [1.82, 2.24) is 5.32 Å². The zero-order chi connectivity index (χ0) is 23.4. The summed E-state index contributed by atoms with van der Waals surface area (Å²) in [5.41, 5.74) is 3.43. The Morgan fingerprint density at radius 2 is 1.84 bits per heavy atom. The number of benzene rings is 2. The molecule has 1 aliphatic carbocycles. The summed E-state index contributed by atoms with van der Waals surface area (Å²) in [5, 5.41) is 11.9. The molecule has 6 heteroatoms. The molecule has 1 saturated carbocycles. The van der Waals surface area contributed by atoms with E-state index >= 15 is 0 Å². The Bertz CT molecular complexity index is 1070. The van der Waals surface area contributed by atoms with E-state index in [0.29, 0.717) is 10.6 Å². The zero-order valence-corrected chi connectivity index (χ0v) is 22.0. The number of aryl methyl sites for hydroxylation is 1. The van der Waals surface area contributed by atoms with Gasteiger partial charge in [-0.1, -0.05) is 61.3 Å². The molecule has 1 amide bonds. The quantitative estimate of drug-likeness (QED) is 0.245. The smallest absolute Gasteiger partial charge is 0.227 e. The second kappa shape index (κ2) is 8.32. The summed E-state index contributed by atoms with van der Waals surface area (Å²) in [5.74, 6) is 0.699. The van der Waals surface area contributed by atoms with Gasteiger partial charge in [-0.3, -0.25) is 10.2 Å². The Balaban J connectivity index is 1.91. The average molecular weight is 565 g/mol. The highest BCUT2D eigenvalue weighted by molar-refractivity contribution is 14.1. The lowest BCUT2D eigenvalue weighted by Gasteiger charge is -2.57. The molecular formula is C26H30ClIN2O2. The molecule has 1 aliphatic heterocycles. The van der Waals surface area contributed by atoms with Gasteiger partial charge in [-0.05, 0) is 68.2 Å². The van der Waals surface area contributed by atoms with Gasteiger partial charge in [0.2, 0.25) is 11.8 Å². The Morgan fingerprint density at radius 1 is 1.19 bits per heavy atom. The van der Waals surface area contributed by atoms with E-state index in [-0.39, 0.29) is 41.0 Å². The first-order chi connectivity index (χ1) is 15.0. The molecular weight excluding hydrogens is 535 g/mol. The van der Waals surface area contributed by atoms with Crippen LogP contribution in [0.15, 0.2) is 42.5 Å². The first-order valence-corrected chi connectivity index (χ1v) is 12.4. The Hall–Kier alpha value is -1.60. The predicted octanol–water partition coefficient (Wildman–Crippen LogP) is 6.78. The van der Waals surface area contributed by atoms with Gasteiger partial charge in [0.15, 0.2) is 23.0 Å². The van der Waals surface area contributed by atoms with Crippen molar-refractivity contribution in [3.8, 4) is 0 Å². The Kier molecular flexibility index (Phi) is 6.12. The van der Waals surface area contributed by atoms with Crippen molar-refractivity contribution in [3.63, 3.8) is 0 Å². The Labute approximate surface area is 209 Å². The second-order valence-electron chi connectivity index (χ2n) is 9.95. The summed E-state index contributed by atoms with van der Waals surface area (Å²) >= 11 is 8.55. The molecule has 2 N–H and O–H groups in total. The van der Waals surface area contributed by atoms with Crippen molar-refractivity contribution in [1.29, 1.82) is 5.41 Å². The maximum absolute atomic E-state index is 13.3. The molecule has 2 fully saturated rings. The third kappa shape index (κ3) is 3.30. The topological polar surface area (TPSA) is 62.2 Å². The van der Waals surface area contributed by atoms with Crippen LogP contribution in [0, 0.1) is 29.1 Å². The number of nitrogens with one attached hydrogen (secondary N) is 2. The van der Waals surface area contributed by atoms with E-state index in [2.05, 4.69) is 64.2 Å². The van der Waals surface area contributed by atoms with Crippen molar-refractivity contribution in [2.45, 2.75) is 58.9 Å². The molecule has 0 spiro atoms. The third-order valence-corrected chi connectivity index (χ3v) is 9.42. The molecule has 6 atom stereocenters. The Morgan fingerprint density at radius 3 is 2.44 bits per heavy atom. The number of carbonyl (C=O) groups is 1. The first kappa shape index (κ1) is 23.6. The molecule has 1 saturated heterocycles. The SMILES string of the molecule is Cc1ccc([C@H]2[C@H](c3ccc(C(=N)OI)cc3Cl)C[C@@H](C)[C@@]3(C)C(=O)N[C@H](C)[C@@]23C)cc1. The van der Waals surface area contributed by atoms with Crippen LogP contribution >= 0.6 is 34.6 Å². The minimum absolute atomic E-state index is 0.0372. The van der Waals surface area contributed by atoms with Gasteiger partial charge in [0, 0.05) is 22.0 Å². The molecule has 2 aromatic carbocycles. The molecule has 170 valence electrons. The number of hydrogen-bond acceptors (Lipinski definition) is 3. The molecule has 1 heterocycles. The summed E-state index contributed by atoms with van der Waals surface area (Å²) < 4.78 is 5.06. The highest BCUT2D eigenvalue weighted by Crippen LogP contribution is 2.68. The van der Waals surface area contributed by atoms with Crippen molar-refractivity contribution in [2.24, 2.45) is 16.7 Å². The number of fused-ring (bicyclic) bond motifs is 1. The lowest BCUT2D eigenvalue weighted by molar-refractivity contribution is -0.138. The van der Waals surface area contributed by atoms with Crippen LogP contribution in [0.2, 0.25) is 5.02 Å². The van der Waals surface area contributed by atoms with Gasteiger partial charge in [0.1, 0.15) is 0 Å². The number of carbonyl (C=O) groups excluding carboxylic acids is 1. The predicted molar refractivity (Wildman–Crippen MR) is 138 cm³/mol. The van der Waals surface area contributed by atoms with Gasteiger partial charge in [-0.15, -0.1) is 0 Å². The maximum atomic E-state index is 13.3. The fourth-order valence-electron chi connectivity index (χ4n) is 6.38. The molecule has 2 aromatic rings. The number of amides is 1. The normalized spacial score (nSPS) is 34.0. The highest BCUT2D eigenvalue weighted by atomic mass is 127. The van der Waals surface area contributed by atoms with E-state index in [1.807, 2.05) is 18.2 Å². The van der Waals surface area contributed by atoms with E-state index in [4.69, 9.17) is 20.1 Å². The minimum atomic E-state index is -0.470. The lowest BCUT2D eigenvalue weighted by Crippen LogP contribution is -2.54. The van der Waals surface area contributed by atoms with Gasteiger partial charge in [0.25, 0.3) is 0 Å². The second-order valence-corrected chi connectivity index (χ2v) is 10.8. The third-order valence-electron chi connectivity index (χ3n) is 8.66. The molecule has 4 rings (SSSR count). The summed E-state index contributed by atoms with van der Waals surface area (Å²) in [6.07, 6.45) is 0.865. The molecule has 32 heavy (non-hydrogen) atoms. The molecule has 4 nitrogen and oxygen atoms in total. The monoisotopic (exact) mass is 564 g/mol. The van der Waals surface area contributed by atoms with E-state index in [1.54, 1.807) is 23.0 Å². The summed E-state index contributed by atoms with van der Waals surface area (Å²) in [7, 11) is 0. The van der Waals surface area contributed by atoms with Crippen LogP contribution in [0.5, 0.6) is 0 Å². The van der Waals surface area contributed by atoms with E-state index in [9.17, 15) is 4.79 Å². The van der Waals surface area contributed by atoms with Crippen LogP contribution in [0.3, 0.4) is 0 Å². The van der Waals surface area contributed by atoms with Gasteiger partial charge in [-0.25, -0.2) is 0 Å². The van der Waals surface area contributed by atoms with Crippen LogP contribution in [-0.4, -0.2) is 17.8 Å². The lowest BCUT2D eigenvalue weighted by atomic mass is 9.44. The molecule has 0 radical (unpaired) electrons. The standard InChI is InChI=1S/C26H30ClIN2O2/c1-14-6-8-17(9-7-14)22-20(19-11-10-18(13-21(19)27)23(29)32-28)12-15(2)25(4)24(31)30-16(3)26(22,25)5/h6-11,13,15-16,20,22,29H,12H2,1-5H3,(H,30,31)/t15-,16-,20+,22+,25+,26+/m1/s1. The van der Waals surface area contributed by atoms with Crippen LogP contribution < -0.4 is 5.32 Å². The van der Waals surface area contributed by atoms with Crippen LogP contribution in [0.4, 0.5) is 0 Å². The number of rotatable bonds is 3. The summed E-state index contributed by atoms with van der Waals surface area (Å²) in [6, 6.07) is 14.6. The van der Waals surface area contributed by atoms with Crippen molar-refractivity contribution >= 4 is 46.4 Å². The van der Waals surface area contributed by atoms with Crippen molar-refractivity contribution in [2.75, 3.05) is 0 Å². The van der Waals surface area contributed by atoms with E-state index in [1.165, 1.54) is 11.1 Å². The van der Waals surface area contributed by atoms with Gasteiger partial charge in [-0.2, -0.15) is 0 Å². The van der Waals surface area contributed by atoms with E-state index in [0.717, 1.165) is 12.0 Å². The first-order valence-electron chi connectivity index (χ1n) is 11.1. The average Bonchev–Trinajstić information content (AvgIpc) is 2.95. The number of halogens is 2. The minimum Gasteiger partial charge on any atom is -0.408 e. The highest BCUT2D eigenvalue weighted by Gasteiger charge is 2.68. The van der Waals surface area contributed by atoms with Crippen molar-refractivity contribution < 1.29 is 7.86 Å². The van der Waals surface area contributed by atoms with Gasteiger partial charge < -0.3 is 8.38 Å². The van der Waals surface area contributed by atoms with Gasteiger partial charge in [0.05, 0.1) is 5.41 Å². The molecule has 2 aliphatic rings. The fraction of sp³-hybridized carbons (Fsp3) is 0.462. The maximum Gasteiger partial charge on any atom is 0.227 e. The van der Waals surface area contributed by atoms with Crippen LogP contribution in [0.25, 0.3) is 0 Å². The van der Waals surface area contributed by atoms with E-state index < -0.39 is 5.41 Å². The number of hydrogen-bond donors (Lipinski definition) is 2. The van der Waals surface area contributed by atoms with Gasteiger partial charge >= 0.3 is 0 Å². The van der Waals surface area contributed by atoms with Crippen molar-refractivity contribution in [3.05, 3.63) is 69.7 Å².